The third-order valence-corrected chi connectivity index (χ3v) is 2.70. The average molecular weight is 199 g/mol. The Morgan fingerprint density at radius 1 is 1.21 bits per heavy atom. The molecule has 68 valence electrons. The van der Waals surface area contributed by atoms with E-state index >= 15 is 0 Å². The van der Waals surface area contributed by atoms with Gasteiger partial charge in [0.2, 0.25) is 0 Å². The van der Waals surface area contributed by atoms with Crippen molar-refractivity contribution >= 4 is 23.4 Å². The van der Waals surface area contributed by atoms with Crippen LogP contribution in [0, 0.1) is 18.3 Å². The molecule has 1 nitrogen and oxygen atoms in total. The lowest BCUT2D eigenvalue weighted by Crippen LogP contribution is -1.85. The Kier molecular flexibility index (Phi) is 2.18. The predicted molar refractivity (Wildman–Crippen MR) is 60.7 cm³/mol. The summed E-state index contributed by atoms with van der Waals surface area (Å²) < 4.78 is 0. The summed E-state index contributed by atoms with van der Waals surface area (Å²) in [7, 11) is 0. The number of rotatable bonds is 0. The molecule has 0 aliphatic heterocycles. The fraction of sp³-hybridized carbons (Fsp3) is 0.0833. The summed E-state index contributed by atoms with van der Waals surface area (Å²) in [6.07, 6.45) is 0. The molecule has 0 aliphatic carbocycles. The second-order valence-corrected chi connectivity index (χ2v) is 3.73. The number of thiol groups is 1. The van der Waals surface area contributed by atoms with Gasteiger partial charge in [-0.2, -0.15) is 5.26 Å². The molecule has 0 radical (unpaired) electrons. The Hall–Kier alpha value is -1.46. The Bertz CT molecular complexity index is 538. The van der Waals surface area contributed by atoms with Crippen LogP contribution in [0.25, 0.3) is 10.8 Å². The second kappa shape index (κ2) is 3.36. The number of hydrogen-bond donors (Lipinski definition) is 1. The third-order valence-electron chi connectivity index (χ3n) is 2.34. The van der Waals surface area contributed by atoms with E-state index in [0.717, 1.165) is 21.2 Å². The Morgan fingerprint density at radius 3 is 2.50 bits per heavy atom. The van der Waals surface area contributed by atoms with Gasteiger partial charge in [0, 0.05) is 10.3 Å². The van der Waals surface area contributed by atoms with Crippen LogP contribution in [-0.4, -0.2) is 0 Å². The van der Waals surface area contributed by atoms with Crippen molar-refractivity contribution in [1.82, 2.24) is 0 Å². The van der Waals surface area contributed by atoms with Gasteiger partial charge in [0.25, 0.3) is 0 Å². The highest BCUT2D eigenvalue weighted by molar-refractivity contribution is 7.80. The molecule has 0 N–H and O–H groups in total. The summed E-state index contributed by atoms with van der Waals surface area (Å²) in [5.41, 5.74) is 1.82. The minimum atomic E-state index is 0.662. The van der Waals surface area contributed by atoms with Crippen LogP contribution in [0.2, 0.25) is 0 Å². The highest BCUT2D eigenvalue weighted by atomic mass is 32.1. The Balaban J connectivity index is 3.00. The lowest BCUT2D eigenvalue weighted by atomic mass is 10.0. The molecule has 0 aliphatic rings. The van der Waals surface area contributed by atoms with Gasteiger partial charge in [0.15, 0.2) is 0 Å². The quantitative estimate of drug-likeness (QED) is 0.646. The fourth-order valence-electron chi connectivity index (χ4n) is 1.66. The third kappa shape index (κ3) is 1.26. The van der Waals surface area contributed by atoms with E-state index in [2.05, 4.69) is 18.7 Å². The fourth-order valence-corrected chi connectivity index (χ4v) is 2.02. The van der Waals surface area contributed by atoms with E-state index in [4.69, 9.17) is 5.26 Å². The van der Waals surface area contributed by atoms with Crippen LogP contribution in [0.5, 0.6) is 0 Å². The number of fused-ring (bicyclic) bond motifs is 1. The molecule has 0 saturated heterocycles. The van der Waals surface area contributed by atoms with Gasteiger partial charge in [-0.3, -0.25) is 0 Å². The van der Waals surface area contributed by atoms with Crippen molar-refractivity contribution in [3.8, 4) is 6.07 Å². The van der Waals surface area contributed by atoms with Gasteiger partial charge in [-0.1, -0.05) is 24.3 Å². The van der Waals surface area contributed by atoms with Gasteiger partial charge in [-0.25, -0.2) is 0 Å². The van der Waals surface area contributed by atoms with Crippen molar-refractivity contribution in [3.63, 3.8) is 0 Å². The van der Waals surface area contributed by atoms with E-state index in [9.17, 15) is 0 Å². The summed E-state index contributed by atoms with van der Waals surface area (Å²) in [6, 6.07) is 12.0. The minimum absolute atomic E-state index is 0.662. The minimum Gasteiger partial charge on any atom is -0.192 e. The number of aryl methyl sites for hydroxylation is 1. The molecular weight excluding hydrogens is 190 g/mol. The van der Waals surface area contributed by atoms with Crippen LogP contribution < -0.4 is 0 Å². The van der Waals surface area contributed by atoms with Crippen LogP contribution in [0.15, 0.2) is 35.2 Å². The maximum atomic E-state index is 9.01. The number of benzene rings is 2. The first-order valence-corrected chi connectivity index (χ1v) is 4.80. The molecule has 0 spiro atoms. The van der Waals surface area contributed by atoms with Gasteiger partial charge >= 0.3 is 0 Å². The molecule has 2 aromatic rings. The summed E-state index contributed by atoms with van der Waals surface area (Å²) in [5.74, 6) is 0. The van der Waals surface area contributed by atoms with Crippen molar-refractivity contribution < 1.29 is 0 Å². The van der Waals surface area contributed by atoms with E-state index < -0.39 is 0 Å². The Labute approximate surface area is 88.4 Å². The molecule has 2 heteroatoms. The molecule has 0 heterocycles. The number of hydrogen-bond acceptors (Lipinski definition) is 2. The molecule has 0 bridgehead atoms. The van der Waals surface area contributed by atoms with Crippen LogP contribution in [0.1, 0.15) is 11.1 Å². The lowest BCUT2D eigenvalue weighted by molar-refractivity contribution is 1.36. The molecule has 0 amide bonds. The second-order valence-electron chi connectivity index (χ2n) is 3.24. The van der Waals surface area contributed by atoms with Crippen molar-refractivity contribution in [1.29, 1.82) is 5.26 Å². The predicted octanol–water partition coefficient (Wildman–Crippen LogP) is 3.31. The molecule has 2 rings (SSSR count). The van der Waals surface area contributed by atoms with Crippen LogP contribution in [0.3, 0.4) is 0 Å². The SMILES string of the molecule is Cc1cc(S)c(C#N)c2ccccc12. The summed E-state index contributed by atoms with van der Waals surface area (Å²) in [5, 5.41) is 11.1. The van der Waals surface area contributed by atoms with Gasteiger partial charge in [0.1, 0.15) is 6.07 Å². The van der Waals surface area contributed by atoms with E-state index in [1.807, 2.05) is 37.3 Å². The lowest BCUT2D eigenvalue weighted by Gasteiger charge is -2.05. The first-order valence-electron chi connectivity index (χ1n) is 4.35. The number of nitriles is 1. The average Bonchev–Trinajstić information content (AvgIpc) is 2.18. The zero-order chi connectivity index (χ0) is 10.1. The topological polar surface area (TPSA) is 23.8 Å². The summed E-state index contributed by atoms with van der Waals surface area (Å²) in [6.45, 7) is 2.03. The molecule has 14 heavy (non-hydrogen) atoms. The highest BCUT2D eigenvalue weighted by Gasteiger charge is 2.06. The molecule has 0 fully saturated rings. The maximum absolute atomic E-state index is 9.01. The largest absolute Gasteiger partial charge is 0.192 e. The Morgan fingerprint density at radius 2 is 1.86 bits per heavy atom. The van der Waals surface area contributed by atoms with E-state index in [0.29, 0.717) is 5.56 Å². The maximum Gasteiger partial charge on any atom is 0.101 e. The van der Waals surface area contributed by atoms with Crippen molar-refractivity contribution in [2.24, 2.45) is 0 Å². The standard InChI is InChI=1S/C12H9NS/c1-8-6-12(14)11(7-13)10-5-3-2-4-9(8)10/h2-6,14H,1H3. The van der Waals surface area contributed by atoms with Gasteiger partial charge in [-0.15, -0.1) is 12.6 Å². The molecule has 0 aromatic heterocycles. The zero-order valence-corrected chi connectivity index (χ0v) is 8.68. The van der Waals surface area contributed by atoms with Crippen molar-refractivity contribution in [2.45, 2.75) is 11.8 Å². The van der Waals surface area contributed by atoms with E-state index in [-0.39, 0.29) is 0 Å². The molecule has 2 aromatic carbocycles. The molecular formula is C12H9NS. The van der Waals surface area contributed by atoms with Crippen molar-refractivity contribution in [3.05, 3.63) is 41.5 Å². The van der Waals surface area contributed by atoms with Crippen LogP contribution >= 0.6 is 12.6 Å². The van der Waals surface area contributed by atoms with E-state index in [1.165, 1.54) is 0 Å². The first kappa shape index (κ1) is 9.11. The first-order chi connectivity index (χ1) is 6.74. The molecule has 0 unspecified atom stereocenters. The summed E-state index contributed by atoms with van der Waals surface area (Å²) in [4.78, 5) is 0.753. The normalized spacial score (nSPS) is 10.1. The van der Waals surface area contributed by atoms with Gasteiger partial charge in [0.05, 0.1) is 5.56 Å². The van der Waals surface area contributed by atoms with E-state index in [1.54, 1.807) is 0 Å². The molecule has 0 atom stereocenters. The van der Waals surface area contributed by atoms with Gasteiger partial charge < -0.3 is 0 Å². The van der Waals surface area contributed by atoms with Crippen molar-refractivity contribution in [2.75, 3.05) is 0 Å². The van der Waals surface area contributed by atoms with Crippen LogP contribution in [-0.2, 0) is 0 Å². The zero-order valence-electron chi connectivity index (χ0n) is 7.78. The highest BCUT2D eigenvalue weighted by Crippen LogP contribution is 2.27. The van der Waals surface area contributed by atoms with Gasteiger partial charge in [-0.05, 0) is 23.9 Å². The number of nitrogens with zero attached hydrogens (tertiary/aromatic N) is 1. The summed E-state index contributed by atoms with van der Waals surface area (Å²) >= 11 is 4.30. The smallest absolute Gasteiger partial charge is 0.101 e. The molecule has 0 saturated carbocycles. The monoisotopic (exact) mass is 199 g/mol. The van der Waals surface area contributed by atoms with Crippen LogP contribution in [0.4, 0.5) is 0 Å².